The second kappa shape index (κ2) is 3.78. The minimum Gasteiger partial charge on any atom is -0.325 e. The molecular formula is C11H23N. The molecule has 0 aromatic rings. The molecule has 0 amide bonds. The van der Waals surface area contributed by atoms with E-state index in [1.165, 1.54) is 32.1 Å². The lowest BCUT2D eigenvalue weighted by Gasteiger charge is -2.39. The monoisotopic (exact) mass is 169 g/mol. The summed E-state index contributed by atoms with van der Waals surface area (Å²) in [4.78, 5) is 0. The Morgan fingerprint density at radius 1 is 1.00 bits per heavy atom. The third kappa shape index (κ3) is 2.01. The van der Waals surface area contributed by atoms with Crippen molar-refractivity contribution in [3.8, 4) is 0 Å². The van der Waals surface area contributed by atoms with Crippen molar-refractivity contribution < 1.29 is 0 Å². The second-order valence-electron chi connectivity index (χ2n) is 4.81. The zero-order valence-electron chi connectivity index (χ0n) is 8.77. The average molecular weight is 169 g/mol. The van der Waals surface area contributed by atoms with Crippen molar-refractivity contribution in [2.45, 2.75) is 58.4 Å². The van der Waals surface area contributed by atoms with Crippen molar-refractivity contribution in [3.63, 3.8) is 0 Å². The normalized spacial score (nSPS) is 45.0. The van der Waals surface area contributed by atoms with Crippen LogP contribution in [0, 0.1) is 11.8 Å². The molecule has 1 rings (SSSR count). The van der Waals surface area contributed by atoms with Crippen LogP contribution in [-0.2, 0) is 0 Å². The molecule has 2 unspecified atom stereocenters. The summed E-state index contributed by atoms with van der Waals surface area (Å²) in [5.41, 5.74) is 6.40. The molecule has 72 valence electrons. The molecule has 0 bridgehead atoms. The molecule has 1 nitrogen and oxygen atoms in total. The van der Waals surface area contributed by atoms with Crippen LogP contribution >= 0.6 is 0 Å². The van der Waals surface area contributed by atoms with Gasteiger partial charge >= 0.3 is 0 Å². The molecule has 0 aliphatic heterocycles. The Labute approximate surface area is 76.7 Å². The molecular weight excluding hydrogens is 146 g/mol. The van der Waals surface area contributed by atoms with Crippen molar-refractivity contribution in [2.75, 3.05) is 0 Å². The van der Waals surface area contributed by atoms with E-state index in [0.29, 0.717) is 11.8 Å². The topological polar surface area (TPSA) is 26.0 Å². The molecule has 0 aromatic carbocycles. The summed E-state index contributed by atoms with van der Waals surface area (Å²) >= 11 is 0. The van der Waals surface area contributed by atoms with Gasteiger partial charge in [-0.25, -0.2) is 0 Å². The average Bonchev–Trinajstić information content (AvgIpc) is 2.01. The minimum atomic E-state index is 0.0699. The van der Waals surface area contributed by atoms with Crippen LogP contribution in [0.5, 0.6) is 0 Å². The van der Waals surface area contributed by atoms with Crippen LogP contribution < -0.4 is 5.73 Å². The molecule has 0 radical (unpaired) electrons. The largest absolute Gasteiger partial charge is 0.325 e. The SMILES string of the molecule is CC1CCCCCC(C)C1(C)N. The van der Waals surface area contributed by atoms with Crippen molar-refractivity contribution in [1.29, 1.82) is 0 Å². The third-order valence-electron chi connectivity index (χ3n) is 3.90. The standard InChI is InChI=1S/C11H23N/c1-9-7-5-4-6-8-10(2)11(9,3)12/h9-10H,4-8,12H2,1-3H3. The Kier molecular flexibility index (Phi) is 3.16. The predicted octanol–water partition coefficient (Wildman–Crippen LogP) is 2.94. The lowest BCUT2D eigenvalue weighted by molar-refractivity contribution is 0.179. The molecule has 1 aliphatic carbocycles. The third-order valence-corrected chi connectivity index (χ3v) is 3.90. The van der Waals surface area contributed by atoms with Gasteiger partial charge in [0.2, 0.25) is 0 Å². The Hall–Kier alpha value is -0.0400. The van der Waals surface area contributed by atoms with Crippen molar-refractivity contribution >= 4 is 0 Å². The lowest BCUT2D eigenvalue weighted by atomic mass is 9.72. The van der Waals surface area contributed by atoms with Gasteiger partial charge in [0.1, 0.15) is 0 Å². The van der Waals surface area contributed by atoms with Gasteiger partial charge in [0.25, 0.3) is 0 Å². The number of hydrogen-bond donors (Lipinski definition) is 1. The van der Waals surface area contributed by atoms with E-state index < -0.39 is 0 Å². The maximum absolute atomic E-state index is 6.33. The van der Waals surface area contributed by atoms with Gasteiger partial charge in [0.05, 0.1) is 0 Å². The van der Waals surface area contributed by atoms with E-state index >= 15 is 0 Å². The minimum absolute atomic E-state index is 0.0699. The highest BCUT2D eigenvalue weighted by atomic mass is 14.8. The van der Waals surface area contributed by atoms with E-state index in [9.17, 15) is 0 Å². The predicted molar refractivity (Wildman–Crippen MR) is 54.0 cm³/mol. The molecule has 12 heavy (non-hydrogen) atoms. The van der Waals surface area contributed by atoms with Crippen molar-refractivity contribution in [3.05, 3.63) is 0 Å². The van der Waals surface area contributed by atoms with E-state index in [2.05, 4.69) is 20.8 Å². The Morgan fingerprint density at radius 2 is 1.42 bits per heavy atom. The van der Waals surface area contributed by atoms with E-state index in [1.54, 1.807) is 0 Å². The van der Waals surface area contributed by atoms with Crippen LogP contribution in [0.15, 0.2) is 0 Å². The molecule has 0 aromatic heterocycles. The van der Waals surface area contributed by atoms with Crippen LogP contribution in [-0.4, -0.2) is 5.54 Å². The second-order valence-corrected chi connectivity index (χ2v) is 4.81. The maximum Gasteiger partial charge on any atom is 0.0177 e. The molecule has 2 N–H and O–H groups in total. The summed E-state index contributed by atoms with van der Waals surface area (Å²) in [5.74, 6) is 1.38. The first-order valence-electron chi connectivity index (χ1n) is 5.34. The fourth-order valence-corrected chi connectivity index (χ4v) is 2.19. The fraction of sp³-hybridized carbons (Fsp3) is 1.00. The first-order chi connectivity index (χ1) is 5.55. The Bertz CT molecular complexity index is 126. The number of nitrogens with two attached hydrogens (primary N) is 1. The van der Waals surface area contributed by atoms with Crippen LogP contribution in [0.25, 0.3) is 0 Å². The summed E-state index contributed by atoms with van der Waals surface area (Å²) in [6, 6.07) is 0. The number of rotatable bonds is 0. The van der Waals surface area contributed by atoms with Gasteiger partial charge in [-0.15, -0.1) is 0 Å². The smallest absolute Gasteiger partial charge is 0.0177 e. The molecule has 1 fully saturated rings. The molecule has 1 saturated carbocycles. The highest BCUT2D eigenvalue weighted by Crippen LogP contribution is 2.33. The quantitative estimate of drug-likeness (QED) is 0.593. The van der Waals surface area contributed by atoms with Gasteiger partial charge in [0.15, 0.2) is 0 Å². The van der Waals surface area contributed by atoms with Gasteiger partial charge in [0, 0.05) is 5.54 Å². The van der Waals surface area contributed by atoms with E-state index in [1.807, 2.05) is 0 Å². The fourth-order valence-electron chi connectivity index (χ4n) is 2.19. The van der Waals surface area contributed by atoms with Gasteiger partial charge in [-0.1, -0.05) is 33.1 Å². The molecule has 0 spiro atoms. The van der Waals surface area contributed by atoms with Crippen LogP contribution in [0.1, 0.15) is 52.9 Å². The first-order valence-corrected chi connectivity index (χ1v) is 5.34. The van der Waals surface area contributed by atoms with Gasteiger partial charge in [-0.2, -0.15) is 0 Å². The zero-order valence-corrected chi connectivity index (χ0v) is 8.77. The summed E-state index contributed by atoms with van der Waals surface area (Å²) in [7, 11) is 0. The van der Waals surface area contributed by atoms with Gasteiger partial charge < -0.3 is 5.73 Å². The Morgan fingerprint density at radius 3 is 1.83 bits per heavy atom. The summed E-state index contributed by atoms with van der Waals surface area (Å²) in [6.45, 7) is 6.84. The van der Waals surface area contributed by atoms with Gasteiger partial charge in [-0.3, -0.25) is 0 Å². The van der Waals surface area contributed by atoms with Crippen molar-refractivity contribution in [1.82, 2.24) is 0 Å². The first kappa shape index (κ1) is 10.0. The van der Waals surface area contributed by atoms with Crippen LogP contribution in [0.2, 0.25) is 0 Å². The van der Waals surface area contributed by atoms with Crippen LogP contribution in [0.4, 0.5) is 0 Å². The summed E-state index contributed by atoms with van der Waals surface area (Å²) < 4.78 is 0. The van der Waals surface area contributed by atoms with Crippen molar-refractivity contribution in [2.24, 2.45) is 17.6 Å². The zero-order chi connectivity index (χ0) is 9.19. The highest BCUT2D eigenvalue weighted by molar-refractivity contribution is 4.90. The Balaban J connectivity index is 2.62. The summed E-state index contributed by atoms with van der Waals surface area (Å²) in [6.07, 6.45) is 6.79. The summed E-state index contributed by atoms with van der Waals surface area (Å²) in [5, 5.41) is 0. The van der Waals surface area contributed by atoms with E-state index in [-0.39, 0.29) is 5.54 Å². The lowest BCUT2D eigenvalue weighted by Crippen LogP contribution is -2.49. The molecule has 1 heteroatoms. The maximum atomic E-state index is 6.33. The molecule has 2 atom stereocenters. The number of hydrogen-bond acceptors (Lipinski definition) is 1. The van der Waals surface area contributed by atoms with Crippen LogP contribution in [0.3, 0.4) is 0 Å². The molecule has 0 saturated heterocycles. The van der Waals surface area contributed by atoms with E-state index in [0.717, 1.165) is 0 Å². The molecule has 0 heterocycles. The molecule has 1 aliphatic rings. The van der Waals surface area contributed by atoms with Gasteiger partial charge in [-0.05, 0) is 31.6 Å². The van der Waals surface area contributed by atoms with E-state index in [4.69, 9.17) is 5.73 Å². The highest BCUT2D eigenvalue weighted by Gasteiger charge is 2.32.